The van der Waals surface area contributed by atoms with Crippen molar-refractivity contribution >= 4 is 21.6 Å². The lowest BCUT2D eigenvalue weighted by Gasteiger charge is -2.09. The van der Waals surface area contributed by atoms with Gasteiger partial charge >= 0.3 is 0 Å². The monoisotopic (exact) mass is 411 g/mol. The summed E-state index contributed by atoms with van der Waals surface area (Å²) in [5.74, 6) is 0.195. The number of nitrogens with one attached hydrogen (secondary N) is 1. The molecular formula is C25H17NO3S. The Morgan fingerprint density at radius 2 is 1.40 bits per heavy atom. The lowest BCUT2D eigenvalue weighted by molar-refractivity contribution is 0.475. The van der Waals surface area contributed by atoms with Crippen LogP contribution in [0.2, 0.25) is 0 Å². The summed E-state index contributed by atoms with van der Waals surface area (Å²) in [6.45, 7) is 0. The molecule has 0 radical (unpaired) electrons. The van der Waals surface area contributed by atoms with Crippen LogP contribution in [0.15, 0.2) is 89.0 Å². The number of hydrogen-bond donors (Lipinski definition) is 3. The molecule has 5 rings (SSSR count). The number of aromatic hydroxyl groups is 2. The van der Waals surface area contributed by atoms with Gasteiger partial charge in [0.05, 0.1) is 10.9 Å². The summed E-state index contributed by atoms with van der Waals surface area (Å²) in [5, 5.41) is 23.5. The van der Waals surface area contributed by atoms with Crippen molar-refractivity contribution in [1.82, 2.24) is 4.98 Å². The predicted molar refractivity (Wildman–Crippen MR) is 122 cm³/mol. The molecule has 0 bridgehead atoms. The summed E-state index contributed by atoms with van der Waals surface area (Å²) in [4.78, 5) is 16.2. The zero-order chi connectivity index (χ0) is 20.7. The fraction of sp³-hybridized carbons (Fsp3) is 0. The van der Waals surface area contributed by atoms with Gasteiger partial charge in [-0.3, -0.25) is 4.79 Å². The largest absolute Gasteiger partial charge is 0.508 e. The maximum absolute atomic E-state index is 12.6. The number of hydrogen-bond acceptors (Lipinski definition) is 4. The minimum atomic E-state index is -0.312. The Morgan fingerprint density at radius 3 is 2.17 bits per heavy atom. The Balaban J connectivity index is 1.71. The number of H-pyrrole nitrogens is 1. The smallest absolute Gasteiger partial charge is 0.260 e. The van der Waals surface area contributed by atoms with Crippen molar-refractivity contribution in [2.45, 2.75) is 0 Å². The quantitative estimate of drug-likeness (QED) is 0.341. The number of phenolic OH excluding ortho intramolecular Hbond substituents is 1. The molecule has 0 aliphatic rings. The normalized spacial score (nSPS) is 11.1. The average Bonchev–Trinajstić information content (AvgIpc) is 3.19. The van der Waals surface area contributed by atoms with Gasteiger partial charge in [-0.15, -0.1) is 11.3 Å². The number of aromatic amines is 1. The first-order valence-corrected chi connectivity index (χ1v) is 10.3. The molecule has 4 nitrogen and oxygen atoms in total. The van der Waals surface area contributed by atoms with E-state index in [0.717, 1.165) is 22.3 Å². The minimum absolute atomic E-state index is 0.0149. The molecule has 0 aliphatic heterocycles. The number of benzene rings is 3. The van der Waals surface area contributed by atoms with Gasteiger partial charge in [0.15, 0.2) is 0 Å². The summed E-state index contributed by atoms with van der Waals surface area (Å²) in [6.07, 6.45) is 0. The van der Waals surface area contributed by atoms with Crippen LogP contribution in [0, 0.1) is 0 Å². The Labute approximate surface area is 176 Å². The van der Waals surface area contributed by atoms with Crippen molar-refractivity contribution in [3.63, 3.8) is 0 Å². The average molecular weight is 411 g/mol. The van der Waals surface area contributed by atoms with Crippen molar-refractivity contribution in [2.75, 3.05) is 0 Å². The number of pyridine rings is 1. The van der Waals surface area contributed by atoms with Crippen LogP contribution in [0.5, 0.6) is 11.5 Å². The van der Waals surface area contributed by atoms with Gasteiger partial charge in [-0.05, 0) is 40.5 Å². The van der Waals surface area contributed by atoms with E-state index in [0.29, 0.717) is 15.8 Å². The highest BCUT2D eigenvalue weighted by Gasteiger charge is 2.19. The van der Waals surface area contributed by atoms with Crippen LogP contribution in [-0.2, 0) is 0 Å². The molecule has 0 aliphatic carbocycles. The Morgan fingerprint density at radius 1 is 0.733 bits per heavy atom. The maximum atomic E-state index is 12.6. The molecule has 0 fully saturated rings. The molecule has 3 N–H and O–H groups in total. The van der Waals surface area contributed by atoms with E-state index in [1.54, 1.807) is 18.2 Å². The number of phenols is 1. The molecule has 0 spiro atoms. The zero-order valence-corrected chi connectivity index (χ0v) is 16.6. The first-order chi connectivity index (χ1) is 14.6. The topological polar surface area (TPSA) is 73.3 Å². The van der Waals surface area contributed by atoms with Crippen molar-refractivity contribution in [3.05, 3.63) is 94.6 Å². The standard InChI is InChI=1S/C25H17NO3S/c27-19-11-5-9-17(13-19)16-8-4-10-18(12-16)20-14-30-25-22(20)23(28)21(24(29)26-25)15-6-2-1-3-7-15/h1-14,27H,(H2,26,28,29). The van der Waals surface area contributed by atoms with Gasteiger partial charge in [0, 0.05) is 10.9 Å². The molecule has 5 heteroatoms. The number of rotatable bonds is 3. The highest BCUT2D eigenvalue weighted by atomic mass is 32.1. The first-order valence-electron chi connectivity index (χ1n) is 9.43. The lowest BCUT2D eigenvalue weighted by atomic mass is 9.97. The van der Waals surface area contributed by atoms with Gasteiger partial charge in [0.2, 0.25) is 0 Å². The number of aromatic nitrogens is 1. The van der Waals surface area contributed by atoms with E-state index < -0.39 is 0 Å². The molecule has 5 aromatic rings. The van der Waals surface area contributed by atoms with Crippen LogP contribution < -0.4 is 5.56 Å². The second kappa shape index (κ2) is 7.21. The fourth-order valence-electron chi connectivity index (χ4n) is 3.72. The van der Waals surface area contributed by atoms with Crippen molar-refractivity contribution < 1.29 is 10.2 Å². The van der Waals surface area contributed by atoms with Crippen LogP contribution in [0.3, 0.4) is 0 Å². The summed E-state index contributed by atoms with van der Waals surface area (Å²) in [5.41, 5.74) is 4.25. The van der Waals surface area contributed by atoms with Crippen LogP contribution in [-0.4, -0.2) is 15.2 Å². The summed E-state index contributed by atoms with van der Waals surface area (Å²) in [6, 6.07) is 24.2. The van der Waals surface area contributed by atoms with Crippen LogP contribution in [0.4, 0.5) is 0 Å². The van der Waals surface area contributed by atoms with Gasteiger partial charge < -0.3 is 15.2 Å². The minimum Gasteiger partial charge on any atom is -0.508 e. The molecule has 2 aromatic heterocycles. The predicted octanol–water partition coefficient (Wildman–Crippen LogP) is 6.00. The van der Waals surface area contributed by atoms with Gasteiger partial charge in [0.25, 0.3) is 5.56 Å². The maximum Gasteiger partial charge on any atom is 0.260 e. The van der Waals surface area contributed by atoms with Crippen LogP contribution in [0.1, 0.15) is 0 Å². The van der Waals surface area contributed by atoms with Crippen LogP contribution in [0.25, 0.3) is 43.6 Å². The first kappa shape index (κ1) is 18.2. The van der Waals surface area contributed by atoms with E-state index in [4.69, 9.17) is 0 Å². The van der Waals surface area contributed by atoms with Crippen molar-refractivity contribution in [1.29, 1.82) is 0 Å². The molecule has 0 atom stereocenters. The van der Waals surface area contributed by atoms with E-state index in [1.807, 2.05) is 66.0 Å². The lowest BCUT2D eigenvalue weighted by Crippen LogP contribution is -2.08. The van der Waals surface area contributed by atoms with Gasteiger partial charge in [0.1, 0.15) is 16.3 Å². The molecular weight excluding hydrogens is 394 g/mol. The van der Waals surface area contributed by atoms with E-state index in [-0.39, 0.29) is 22.6 Å². The third-order valence-electron chi connectivity index (χ3n) is 5.13. The van der Waals surface area contributed by atoms with Crippen molar-refractivity contribution in [2.24, 2.45) is 0 Å². The molecule has 146 valence electrons. The molecule has 0 amide bonds. The molecule has 0 saturated carbocycles. The second-order valence-electron chi connectivity index (χ2n) is 7.03. The third kappa shape index (κ3) is 3.06. The molecule has 0 saturated heterocycles. The Kier molecular flexibility index (Phi) is 4.38. The van der Waals surface area contributed by atoms with Gasteiger partial charge in [-0.1, -0.05) is 60.7 Å². The van der Waals surface area contributed by atoms with Gasteiger partial charge in [-0.25, -0.2) is 0 Å². The Bertz CT molecular complexity index is 1430. The number of thiophene rings is 1. The molecule has 0 unspecified atom stereocenters. The molecule has 2 heterocycles. The summed E-state index contributed by atoms with van der Waals surface area (Å²) in [7, 11) is 0. The number of fused-ring (bicyclic) bond motifs is 1. The van der Waals surface area contributed by atoms with E-state index in [2.05, 4.69) is 4.98 Å². The highest BCUT2D eigenvalue weighted by Crippen LogP contribution is 2.42. The highest BCUT2D eigenvalue weighted by molar-refractivity contribution is 7.17. The molecule has 3 aromatic carbocycles. The molecule has 30 heavy (non-hydrogen) atoms. The zero-order valence-electron chi connectivity index (χ0n) is 15.8. The van der Waals surface area contributed by atoms with Gasteiger partial charge in [-0.2, -0.15) is 0 Å². The van der Waals surface area contributed by atoms with E-state index in [1.165, 1.54) is 11.3 Å². The fourth-order valence-corrected chi connectivity index (χ4v) is 4.69. The second-order valence-corrected chi connectivity index (χ2v) is 7.91. The van der Waals surface area contributed by atoms with Crippen molar-refractivity contribution in [3.8, 4) is 44.9 Å². The Hall–Kier alpha value is -3.83. The SMILES string of the molecule is O=c1[nH]c2scc(-c3cccc(-c4cccc(O)c4)c3)c2c(O)c1-c1ccccc1. The van der Waals surface area contributed by atoms with E-state index >= 15 is 0 Å². The summed E-state index contributed by atoms with van der Waals surface area (Å²) < 4.78 is 0. The summed E-state index contributed by atoms with van der Waals surface area (Å²) >= 11 is 1.39. The van der Waals surface area contributed by atoms with E-state index in [9.17, 15) is 15.0 Å². The van der Waals surface area contributed by atoms with Crippen LogP contribution >= 0.6 is 11.3 Å². The third-order valence-corrected chi connectivity index (χ3v) is 6.03.